The van der Waals surface area contributed by atoms with Crippen LogP contribution in [0.15, 0.2) is 25.0 Å². The van der Waals surface area contributed by atoms with Gasteiger partial charge in [0.05, 0.1) is 11.3 Å². The molecule has 2 aromatic rings. The first-order valence-electron chi connectivity index (χ1n) is 8.69. The second kappa shape index (κ2) is 8.41. The Labute approximate surface area is 146 Å². The fourth-order valence-corrected chi connectivity index (χ4v) is 3.11. The van der Waals surface area contributed by atoms with Crippen molar-refractivity contribution in [2.45, 2.75) is 51.1 Å². The average Bonchev–Trinajstić information content (AvgIpc) is 3.13. The topological polar surface area (TPSA) is 111 Å². The summed E-state index contributed by atoms with van der Waals surface area (Å²) in [6.45, 7) is 1.37. The zero-order chi connectivity index (χ0) is 17.5. The van der Waals surface area contributed by atoms with Gasteiger partial charge in [0.2, 0.25) is 11.6 Å². The standard InChI is InChI=1S/C16H23N7O2/c24-23(25)14-15(18-7-4-9-22-10-8-17-12-22)19-11-20-16(14)21-13-5-2-1-3-6-13/h8,10-13H,1-7,9H2,(H2,18,19,20,21). The summed E-state index contributed by atoms with van der Waals surface area (Å²) in [4.78, 5) is 23.3. The number of hydrogen-bond donors (Lipinski definition) is 2. The fraction of sp³-hybridized carbons (Fsp3) is 0.562. The van der Waals surface area contributed by atoms with Gasteiger partial charge in [-0.2, -0.15) is 0 Å². The van der Waals surface area contributed by atoms with Crippen LogP contribution in [0.3, 0.4) is 0 Å². The van der Waals surface area contributed by atoms with Crippen molar-refractivity contribution in [3.63, 3.8) is 0 Å². The Morgan fingerprint density at radius 2 is 2.04 bits per heavy atom. The van der Waals surface area contributed by atoms with Gasteiger partial charge in [-0.1, -0.05) is 19.3 Å². The fourth-order valence-electron chi connectivity index (χ4n) is 3.11. The molecule has 9 nitrogen and oxygen atoms in total. The Balaban J connectivity index is 1.63. The van der Waals surface area contributed by atoms with Gasteiger partial charge in [0.25, 0.3) is 0 Å². The predicted molar refractivity (Wildman–Crippen MR) is 94.5 cm³/mol. The van der Waals surface area contributed by atoms with E-state index in [1.807, 2.05) is 10.8 Å². The largest absolute Gasteiger partial charge is 0.364 e. The van der Waals surface area contributed by atoms with E-state index in [2.05, 4.69) is 25.6 Å². The molecule has 1 fully saturated rings. The molecular weight excluding hydrogens is 322 g/mol. The highest BCUT2D eigenvalue weighted by molar-refractivity contribution is 5.69. The molecule has 0 radical (unpaired) electrons. The van der Waals surface area contributed by atoms with E-state index in [9.17, 15) is 10.1 Å². The van der Waals surface area contributed by atoms with Gasteiger partial charge >= 0.3 is 5.69 Å². The SMILES string of the molecule is O=[N+]([O-])c1c(NCCCn2ccnc2)ncnc1NC1CCCCC1. The van der Waals surface area contributed by atoms with E-state index < -0.39 is 4.92 Å². The van der Waals surface area contributed by atoms with Gasteiger partial charge in [0, 0.05) is 31.5 Å². The van der Waals surface area contributed by atoms with Gasteiger partial charge in [-0.15, -0.1) is 0 Å². The minimum absolute atomic E-state index is 0.0734. The van der Waals surface area contributed by atoms with Crippen LogP contribution in [-0.4, -0.2) is 37.0 Å². The summed E-state index contributed by atoms with van der Waals surface area (Å²) >= 11 is 0. The average molecular weight is 345 g/mol. The third-order valence-corrected chi connectivity index (χ3v) is 4.40. The van der Waals surface area contributed by atoms with Crippen molar-refractivity contribution in [3.8, 4) is 0 Å². The van der Waals surface area contributed by atoms with Crippen LogP contribution in [0.2, 0.25) is 0 Å². The van der Waals surface area contributed by atoms with Crippen molar-refractivity contribution in [1.82, 2.24) is 19.5 Å². The van der Waals surface area contributed by atoms with E-state index in [4.69, 9.17) is 0 Å². The minimum Gasteiger partial charge on any atom is -0.364 e. The molecule has 0 aromatic carbocycles. The lowest BCUT2D eigenvalue weighted by Crippen LogP contribution is -2.24. The Hall–Kier alpha value is -2.71. The van der Waals surface area contributed by atoms with E-state index in [-0.39, 0.29) is 17.5 Å². The maximum Gasteiger partial charge on any atom is 0.353 e. The highest BCUT2D eigenvalue weighted by Crippen LogP contribution is 2.31. The number of nitrogens with one attached hydrogen (secondary N) is 2. The van der Waals surface area contributed by atoms with Crippen LogP contribution < -0.4 is 10.6 Å². The lowest BCUT2D eigenvalue weighted by atomic mass is 9.95. The number of anilines is 2. The molecule has 0 saturated heterocycles. The third-order valence-electron chi connectivity index (χ3n) is 4.40. The third kappa shape index (κ3) is 4.65. The molecule has 0 atom stereocenters. The zero-order valence-electron chi connectivity index (χ0n) is 14.1. The Morgan fingerprint density at radius 3 is 2.76 bits per heavy atom. The lowest BCUT2D eigenvalue weighted by Gasteiger charge is -2.23. The first kappa shape index (κ1) is 17.1. The van der Waals surface area contributed by atoms with E-state index >= 15 is 0 Å². The molecule has 134 valence electrons. The number of nitro groups is 1. The predicted octanol–water partition coefficient (Wildman–Crippen LogP) is 2.83. The second-order valence-electron chi connectivity index (χ2n) is 6.24. The molecule has 0 aliphatic heterocycles. The molecular formula is C16H23N7O2. The number of aromatic nitrogens is 4. The van der Waals surface area contributed by atoms with Gasteiger partial charge in [0.15, 0.2) is 0 Å². The Morgan fingerprint density at radius 1 is 1.24 bits per heavy atom. The van der Waals surface area contributed by atoms with Gasteiger partial charge in [-0.25, -0.2) is 15.0 Å². The Kier molecular flexibility index (Phi) is 5.76. The van der Waals surface area contributed by atoms with Crippen molar-refractivity contribution in [2.24, 2.45) is 0 Å². The van der Waals surface area contributed by atoms with Crippen molar-refractivity contribution >= 4 is 17.3 Å². The van der Waals surface area contributed by atoms with Gasteiger partial charge in [0.1, 0.15) is 6.33 Å². The molecule has 1 aliphatic carbocycles. The van der Waals surface area contributed by atoms with Crippen molar-refractivity contribution in [3.05, 3.63) is 35.2 Å². The van der Waals surface area contributed by atoms with Crippen molar-refractivity contribution < 1.29 is 4.92 Å². The van der Waals surface area contributed by atoms with Crippen LogP contribution in [-0.2, 0) is 6.54 Å². The molecule has 1 saturated carbocycles. The molecule has 9 heteroatoms. The summed E-state index contributed by atoms with van der Waals surface area (Å²) < 4.78 is 1.96. The maximum absolute atomic E-state index is 11.5. The van der Waals surface area contributed by atoms with Gasteiger partial charge in [-0.05, 0) is 19.3 Å². The van der Waals surface area contributed by atoms with E-state index in [1.165, 1.54) is 12.7 Å². The second-order valence-corrected chi connectivity index (χ2v) is 6.24. The van der Waals surface area contributed by atoms with Crippen LogP contribution in [0.1, 0.15) is 38.5 Å². The summed E-state index contributed by atoms with van der Waals surface area (Å²) in [7, 11) is 0. The zero-order valence-corrected chi connectivity index (χ0v) is 14.1. The molecule has 2 aromatic heterocycles. The molecule has 25 heavy (non-hydrogen) atoms. The highest BCUT2D eigenvalue weighted by atomic mass is 16.6. The van der Waals surface area contributed by atoms with Crippen LogP contribution in [0.5, 0.6) is 0 Å². The maximum atomic E-state index is 11.5. The first-order chi connectivity index (χ1) is 12.2. The number of nitrogens with zero attached hydrogens (tertiary/aromatic N) is 5. The van der Waals surface area contributed by atoms with Crippen LogP contribution in [0.25, 0.3) is 0 Å². The highest BCUT2D eigenvalue weighted by Gasteiger charge is 2.25. The number of imidazole rings is 1. The molecule has 0 unspecified atom stereocenters. The summed E-state index contributed by atoms with van der Waals surface area (Å²) in [5, 5.41) is 17.8. The molecule has 0 amide bonds. The summed E-state index contributed by atoms with van der Waals surface area (Å²) in [5.41, 5.74) is -0.0734. The monoisotopic (exact) mass is 345 g/mol. The molecule has 0 spiro atoms. The molecule has 0 bridgehead atoms. The van der Waals surface area contributed by atoms with Gasteiger partial charge in [-0.3, -0.25) is 10.1 Å². The number of rotatable bonds is 8. The van der Waals surface area contributed by atoms with E-state index in [0.717, 1.165) is 38.6 Å². The van der Waals surface area contributed by atoms with Crippen molar-refractivity contribution in [1.29, 1.82) is 0 Å². The lowest BCUT2D eigenvalue weighted by molar-refractivity contribution is -0.383. The molecule has 2 N–H and O–H groups in total. The minimum atomic E-state index is -0.413. The van der Waals surface area contributed by atoms with Gasteiger partial charge < -0.3 is 15.2 Å². The normalized spacial score (nSPS) is 15.0. The van der Waals surface area contributed by atoms with Crippen LogP contribution >= 0.6 is 0 Å². The van der Waals surface area contributed by atoms with Crippen LogP contribution in [0.4, 0.5) is 17.3 Å². The Bertz CT molecular complexity index is 684. The molecule has 1 aliphatic rings. The molecule has 2 heterocycles. The van der Waals surface area contributed by atoms with Crippen LogP contribution in [0, 0.1) is 10.1 Å². The first-order valence-corrected chi connectivity index (χ1v) is 8.69. The summed E-state index contributed by atoms with van der Waals surface area (Å²) in [6.07, 6.45) is 13.1. The number of hydrogen-bond acceptors (Lipinski definition) is 7. The quantitative estimate of drug-likeness (QED) is 0.430. The summed E-state index contributed by atoms with van der Waals surface area (Å²) in [6, 6.07) is 0.247. The molecule has 3 rings (SSSR count). The van der Waals surface area contributed by atoms with E-state index in [1.54, 1.807) is 12.5 Å². The smallest absolute Gasteiger partial charge is 0.353 e. The van der Waals surface area contributed by atoms with E-state index in [0.29, 0.717) is 12.4 Å². The number of aryl methyl sites for hydroxylation is 1. The summed E-state index contributed by atoms with van der Waals surface area (Å²) in [5.74, 6) is 0.577. The van der Waals surface area contributed by atoms with Crippen molar-refractivity contribution in [2.75, 3.05) is 17.2 Å².